The van der Waals surface area contributed by atoms with Crippen molar-refractivity contribution in [2.75, 3.05) is 24.1 Å². The van der Waals surface area contributed by atoms with Gasteiger partial charge in [-0.05, 0) is 50.0 Å². The SMILES string of the molecule is CCNC(=O)c1sc(NCC2(C3CC3)CC2)cc1N. The average molecular weight is 279 g/mol. The minimum atomic E-state index is -0.0682. The van der Waals surface area contributed by atoms with E-state index in [1.165, 1.54) is 37.0 Å². The first kappa shape index (κ1) is 12.8. The van der Waals surface area contributed by atoms with Crippen LogP contribution in [0.2, 0.25) is 0 Å². The Labute approximate surface area is 117 Å². The number of nitrogens with two attached hydrogens (primary N) is 1. The van der Waals surface area contributed by atoms with Gasteiger partial charge in [-0.2, -0.15) is 0 Å². The summed E-state index contributed by atoms with van der Waals surface area (Å²) in [6.45, 7) is 3.57. The van der Waals surface area contributed by atoms with Crippen molar-refractivity contribution in [2.45, 2.75) is 32.6 Å². The van der Waals surface area contributed by atoms with Gasteiger partial charge >= 0.3 is 0 Å². The molecule has 1 aromatic heterocycles. The number of amides is 1. The maximum Gasteiger partial charge on any atom is 0.263 e. The Balaban J connectivity index is 1.62. The summed E-state index contributed by atoms with van der Waals surface area (Å²) in [5.41, 5.74) is 7.05. The molecule has 0 aliphatic heterocycles. The number of nitrogens with one attached hydrogen (secondary N) is 2. The molecule has 2 aliphatic carbocycles. The van der Waals surface area contributed by atoms with E-state index in [1.54, 1.807) is 0 Å². The summed E-state index contributed by atoms with van der Waals surface area (Å²) in [6, 6.07) is 1.89. The van der Waals surface area contributed by atoms with Crippen molar-refractivity contribution in [3.63, 3.8) is 0 Å². The molecule has 3 rings (SSSR count). The fraction of sp³-hybridized carbons (Fsp3) is 0.643. The smallest absolute Gasteiger partial charge is 0.263 e. The summed E-state index contributed by atoms with van der Waals surface area (Å²) < 4.78 is 0. The summed E-state index contributed by atoms with van der Waals surface area (Å²) in [7, 11) is 0. The van der Waals surface area contributed by atoms with Crippen molar-refractivity contribution in [3.05, 3.63) is 10.9 Å². The zero-order valence-corrected chi connectivity index (χ0v) is 12.1. The Hall–Kier alpha value is -1.23. The van der Waals surface area contributed by atoms with Crippen LogP contribution in [-0.2, 0) is 0 Å². The first-order chi connectivity index (χ1) is 9.14. The van der Waals surface area contributed by atoms with Gasteiger partial charge in [-0.25, -0.2) is 0 Å². The number of nitrogen functional groups attached to an aromatic ring is 1. The molecule has 0 atom stereocenters. The molecular weight excluding hydrogens is 258 g/mol. The van der Waals surface area contributed by atoms with Crippen LogP contribution in [0, 0.1) is 11.3 Å². The van der Waals surface area contributed by atoms with E-state index in [4.69, 9.17) is 5.73 Å². The topological polar surface area (TPSA) is 67.2 Å². The molecule has 0 bridgehead atoms. The number of anilines is 2. The molecule has 0 radical (unpaired) electrons. The zero-order valence-electron chi connectivity index (χ0n) is 11.3. The summed E-state index contributed by atoms with van der Waals surface area (Å²) in [5, 5.41) is 7.30. The highest BCUT2D eigenvalue weighted by Crippen LogP contribution is 2.61. The second kappa shape index (κ2) is 4.71. The molecule has 0 spiro atoms. The summed E-state index contributed by atoms with van der Waals surface area (Å²) >= 11 is 1.46. The number of carbonyl (C=O) groups excluding carboxylic acids is 1. The van der Waals surface area contributed by atoms with Crippen LogP contribution in [0.3, 0.4) is 0 Å². The Bertz CT molecular complexity index is 489. The predicted octanol–water partition coefficient (Wildman–Crippen LogP) is 2.68. The number of rotatable bonds is 6. The predicted molar refractivity (Wildman–Crippen MR) is 79.6 cm³/mol. The van der Waals surface area contributed by atoms with Gasteiger partial charge in [0.2, 0.25) is 0 Å². The third-order valence-corrected chi connectivity index (χ3v) is 5.36. The van der Waals surface area contributed by atoms with E-state index in [0.29, 0.717) is 22.5 Å². The molecule has 2 saturated carbocycles. The molecule has 2 fully saturated rings. The lowest BCUT2D eigenvalue weighted by Crippen LogP contribution is -2.22. The molecular formula is C14H21N3OS. The second-order valence-electron chi connectivity index (χ2n) is 5.74. The van der Waals surface area contributed by atoms with E-state index in [1.807, 2.05) is 13.0 Å². The van der Waals surface area contributed by atoms with Gasteiger partial charge < -0.3 is 16.4 Å². The van der Waals surface area contributed by atoms with Crippen LogP contribution in [0.1, 0.15) is 42.3 Å². The summed E-state index contributed by atoms with van der Waals surface area (Å²) in [5.74, 6) is 0.876. The fourth-order valence-corrected chi connectivity index (χ4v) is 3.65. The summed E-state index contributed by atoms with van der Waals surface area (Å²) in [6.07, 6.45) is 5.51. The number of hydrogen-bond donors (Lipinski definition) is 3. The van der Waals surface area contributed by atoms with Gasteiger partial charge in [-0.1, -0.05) is 0 Å². The number of carbonyl (C=O) groups is 1. The van der Waals surface area contributed by atoms with E-state index in [-0.39, 0.29) is 5.91 Å². The molecule has 4 N–H and O–H groups in total. The highest BCUT2D eigenvalue weighted by atomic mass is 32.1. The normalized spacial score (nSPS) is 20.1. The van der Waals surface area contributed by atoms with E-state index >= 15 is 0 Å². The van der Waals surface area contributed by atoms with Crippen LogP contribution < -0.4 is 16.4 Å². The Morgan fingerprint density at radius 3 is 2.84 bits per heavy atom. The molecule has 5 heteroatoms. The maximum absolute atomic E-state index is 11.8. The van der Waals surface area contributed by atoms with E-state index in [9.17, 15) is 4.79 Å². The van der Waals surface area contributed by atoms with E-state index in [2.05, 4.69) is 10.6 Å². The van der Waals surface area contributed by atoms with Crippen LogP contribution in [0.4, 0.5) is 10.7 Å². The second-order valence-corrected chi connectivity index (χ2v) is 6.80. The molecule has 2 aliphatic rings. The van der Waals surface area contributed by atoms with Crippen molar-refractivity contribution in [1.29, 1.82) is 0 Å². The third kappa shape index (κ3) is 2.56. The first-order valence-electron chi connectivity index (χ1n) is 7.06. The van der Waals surface area contributed by atoms with Crippen molar-refractivity contribution < 1.29 is 4.79 Å². The monoisotopic (exact) mass is 279 g/mol. The minimum Gasteiger partial charge on any atom is -0.397 e. The molecule has 1 aromatic rings. The minimum absolute atomic E-state index is 0.0682. The van der Waals surface area contributed by atoms with Gasteiger partial charge in [-0.3, -0.25) is 4.79 Å². The Morgan fingerprint density at radius 2 is 2.26 bits per heavy atom. The van der Waals surface area contributed by atoms with Crippen LogP contribution in [0.25, 0.3) is 0 Å². The first-order valence-corrected chi connectivity index (χ1v) is 7.87. The van der Waals surface area contributed by atoms with Gasteiger partial charge in [0.1, 0.15) is 4.88 Å². The Morgan fingerprint density at radius 1 is 1.53 bits per heavy atom. The molecule has 0 aromatic carbocycles. The zero-order chi connectivity index (χ0) is 13.5. The molecule has 0 unspecified atom stereocenters. The van der Waals surface area contributed by atoms with Crippen LogP contribution in [0.5, 0.6) is 0 Å². The number of hydrogen-bond acceptors (Lipinski definition) is 4. The van der Waals surface area contributed by atoms with E-state index in [0.717, 1.165) is 17.5 Å². The van der Waals surface area contributed by atoms with Crippen LogP contribution in [0.15, 0.2) is 6.07 Å². The fourth-order valence-electron chi connectivity index (χ4n) is 2.76. The molecule has 19 heavy (non-hydrogen) atoms. The lowest BCUT2D eigenvalue weighted by Gasteiger charge is -2.14. The third-order valence-electron chi connectivity index (χ3n) is 4.25. The largest absolute Gasteiger partial charge is 0.397 e. The molecule has 1 heterocycles. The van der Waals surface area contributed by atoms with Crippen LogP contribution in [-0.4, -0.2) is 19.0 Å². The average Bonchev–Trinajstić information content (AvgIpc) is 3.25. The lowest BCUT2D eigenvalue weighted by atomic mass is 10.0. The Kier molecular flexibility index (Phi) is 3.17. The van der Waals surface area contributed by atoms with Gasteiger partial charge in [0.15, 0.2) is 0 Å². The quantitative estimate of drug-likeness (QED) is 0.750. The highest BCUT2D eigenvalue weighted by molar-refractivity contribution is 7.18. The summed E-state index contributed by atoms with van der Waals surface area (Å²) in [4.78, 5) is 12.4. The van der Waals surface area contributed by atoms with Crippen molar-refractivity contribution in [2.24, 2.45) is 11.3 Å². The van der Waals surface area contributed by atoms with Gasteiger partial charge in [0, 0.05) is 13.1 Å². The molecule has 0 saturated heterocycles. The molecule has 104 valence electrons. The van der Waals surface area contributed by atoms with Gasteiger partial charge in [0.25, 0.3) is 5.91 Å². The van der Waals surface area contributed by atoms with Gasteiger partial charge in [0.05, 0.1) is 10.7 Å². The maximum atomic E-state index is 11.8. The van der Waals surface area contributed by atoms with E-state index < -0.39 is 0 Å². The molecule has 4 nitrogen and oxygen atoms in total. The van der Waals surface area contributed by atoms with Crippen molar-refractivity contribution in [3.8, 4) is 0 Å². The lowest BCUT2D eigenvalue weighted by molar-refractivity contribution is 0.0960. The molecule has 1 amide bonds. The van der Waals surface area contributed by atoms with Crippen molar-refractivity contribution >= 4 is 27.9 Å². The highest BCUT2D eigenvalue weighted by Gasteiger charge is 2.53. The van der Waals surface area contributed by atoms with Crippen molar-refractivity contribution in [1.82, 2.24) is 5.32 Å². The number of thiophene rings is 1. The van der Waals surface area contributed by atoms with Crippen LogP contribution >= 0.6 is 11.3 Å². The van der Waals surface area contributed by atoms with Gasteiger partial charge in [-0.15, -0.1) is 11.3 Å². The standard InChI is InChI=1S/C14H21N3OS/c1-2-16-13(18)12-10(15)7-11(19-12)17-8-14(5-6-14)9-3-4-9/h7,9,17H,2-6,8,15H2,1H3,(H,16,18).